The summed E-state index contributed by atoms with van der Waals surface area (Å²) in [7, 11) is 1.59. The Morgan fingerprint density at radius 3 is 2.68 bits per heavy atom. The van der Waals surface area contributed by atoms with E-state index in [1.807, 2.05) is 30.0 Å². The molecule has 0 spiro atoms. The Labute approximate surface area is 149 Å². The van der Waals surface area contributed by atoms with Gasteiger partial charge in [-0.05, 0) is 30.5 Å². The van der Waals surface area contributed by atoms with E-state index in [-0.39, 0.29) is 18.4 Å². The highest BCUT2D eigenvalue weighted by Gasteiger charge is 2.36. The molecule has 2 fully saturated rings. The minimum atomic E-state index is -0.0141. The Bertz CT molecular complexity index is 601. The van der Waals surface area contributed by atoms with Crippen molar-refractivity contribution in [2.75, 3.05) is 59.7 Å². The number of methoxy groups -OCH3 is 1. The van der Waals surface area contributed by atoms with E-state index in [0.717, 1.165) is 38.4 Å². The number of aryl methyl sites for hydroxylation is 1. The Morgan fingerprint density at radius 1 is 1.28 bits per heavy atom. The van der Waals surface area contributed by atoms with E-state index in [1.54, 1.807) is 7.11 Å². The summed E-state index contributed by atoms with van der Waals surface area (Å²) in [6.07, 6.45) is 0. The number of nitrogens with zero attached hydrogens (tertiary/aromatic N) is 2. The van der Waals surface area contributed by atoms with Gasteiger partial charge >= 0.3 is 0 Å². The second-order valence-electron chi connectivity index (χ2n) is 7.03. The monoisotopic (exact) mass is 348 g/mol. The number of hydrogen-bond donors (Lipinski definition) is 1. The van der Waals surface area contributed by atoms with Gasteiger partial charge in [0.15, 0.2) is 0 Å². The lowest BCUT2D eigenvalue weighted by Crippen LogP contribution is -2.41. The van der Waals surface area contributed by atoms with Crippen LogP contribution in [-0.2, 0) is 4.74 Å². The van der Waals surface area contributed by atoms with Crippen LogP contribution in [0.15, 0.2) is 18.2 Å². The summed E-state index contributed by atoms with van der Waals surface area (Å²) in [6.45, 7) is 7.65. The van der Waals surface area contributed by atoms with E-state index in [4.69, 9.17) is 9.47 Å². The summed E-state index contributed by atoms with van der Waals surface area (Å²) in [5.41, 5.74) is 1.66. The molecular formula is C19H28N2O4. The van der Waals surface area contributed by atoms with E-state index in [0.29, 0.717) is 30.3 Å². The van der Waals surface area contributed by atoms with E-state index in [9.17, 15) is 9.90 Å². The van der Waals surface area contributed by atoms with Crippen LogP contribution >= 0.6 is 0 Å². The van der Waals surface area contributed by atoms with Gasteiger partial charge in [-0.3, -0.25) is 9.69 Å². The van der Waals surface area contributed by atoms with Crippen LogP contribution in [0.4, 0.5) is 0 Å². The first-order valence-corrected chi connectivity index (χ1v) is 8.97. The zero-order valence-electron chi connectivity index (χ0n) is 15.1. The molecular weight excluding hydrogens is 320 g/mol. The van der Waals surface area contributed by atoms with Crippen LogP contribution in [0.1, 0.15) is 15.9 Å². The highest BCUT2D eigenvalue weighted by atomic mass is 16.5. The number of carbonyl (C=O) groups excluding carboxylic acids is 1. The highest BCUT2D eigenvalue weighted by molar-refractivity contribution is 5.97. The molecule has 2 atom stereocenters. The van der Waals surface area contributed by atoms with Crippen LogP contribution in [0.25, 0.3) is 0 Å². The van der Waals surface area contributed by atoms with Gasteiger partial charge in [-0.1, -0.05) is 6.07 Å². The smallest absolute Gasteiger partial charge is 0.257 e. The molecule has 0 bridgehead atoms. The SMILES string of the molecule is COc1cc(C)ccc1C(=O)N1CC(CO)C(CN2CCOCC2)C1. The van der Waals surface area contributed by atoms with E-state index in [2.05, 4.69) is 4.90 Å². The fourth-order valence-corrected chi connectivity index (χ4v) is 3.78. The number of benzene rings is 1. The predicted octanol–water partition coefficient (Wildman–Crippen LogP) is 1.02. The molecule has 0 aromatic heterocycles. The molecule has 2 aliphatic rings. The minimum absolute atomic E-state index is 0.0141. The maximum atomic E-state index is 13.0. The molecule has 2 aliphatic heterocycles. The molecule has 2 unspecified atom stereocenters. The van der Waals surface area contributed by atoms with Gasteiger partial charge in [0.1, 0.15) is 5.75 Å². The number of hydrogen-bond acceptors (Lipinski definition) is 5. The third-order valence-corrected chi connectivity index (χ3v) is 5.28. The standard InChI is InChI=1S/C19H28N2O4/c1-14-3-4-17(18(9-14)24-2)19(23)21-11-15(16(12-21)13-22)10-20-5-7-25-8-6-20/h3-4,9,15-16,22H,5-8,10-13H2,1-2H3. The number of carbonyl (C=O) groups is 1. The van der Waals surface area contributed by atoms with Crippen molar-refractivity contribution >= 4 is 5.91 Å². The van der Waals surface area contributed by atoms with E-state index >= 15 is 0 Å². The van der Waals surface area contributed by atoms with Crippen LogP contribution in [0.5, 0.6) is 5.75 Å². The molecule has 138 valence electrons. The number of likely N-dealkylation sites (tertiary alicyclic amines) is 1. The summed E-state index contributed by atoms with van der Waals surface area (Å²) in [4.78, 5) is 17.2. The van der Waals surface area contributed by atoms with Crippen molar-refractivity contribution in [3.05, 3.63) is 29.3 Å². The van der Waals surface area contributed by atoms with E-state index < -0.39 is 0 Å². The second-order valence-corrected chi connectivity index (χ2v) is 7.03. The first-order chi connectivity index (χ1) is 12.1. The third kappa shape index (κ3) is 4.14. The minimum Gasteiger partial charge on any atom is -0.496 e. The molecule has 2 saturated heterocycles. The molecule has 1 amide bonds. The zero-order chi connectivity index (χ0) is 17.8. The van der Waals surface area contributed by atoms with Crippen LogP contribution < -0.4 is 4.74 Å². The molecule has 3 rings (SSSR count). The normalized spacial score (nSPS) is 24.5. The van der Waals surface area contributed by atoms with Crippen molar-refractivity contribution in [3.63, 3.8) is 0 Å². The molecule has 1 aromatic carbocycles. The molecule has 6 nitrogen and oxygen atoms in total. The predicted molar refractivity (Wildman–Crippen MR) is 95.0 cm³/mol. The molecule has 0 radical (unpaired) electrons. The fourth-order valence-electron chi connectivity index (χ4n) is 3.78. The van der Waals surface area contributed by atoms with Gasteiger partial charge < -0.3 is 19.5 Å². The first-order valence-electron chi connectivity index (χ1n) is 8.97. The topological polar surface area (TPSA) is 62.2 Å². The number of ether oxygens (including phenoxy) is 2. The molecule has 25 heavy (non-hydrogen) atoms. The molecule has 0 saturated carbocycles. The maximum absolute atomic E-state index is 13.0. The zero-order valence-corrected chi connectivity index (χ0v) is 15.1. The molecule has 1 N–H and O–H groups in total. The Kier molecular flexibility index (Phi) is 5.93. The highest BCUT2D eigenvalue weighted by Crippen LogP contribution is 2.28. The van der Waals surface area contributed by atoms with Crippen LogP contribution in [0.2, 0.25) is 0 Å². The van der Waals surface area contributed by atoms with Crippen molar-refractivity contribution in [1.82, 2.24) is 9.80 Å². The molecule has 1 aromatic rings. The average Bonchev–Trinajstić information content (AvgIpc) is 3.04. The number of morpholine rings is 1. The quantitative estimate of drug-likeness (QED) is 0.861. The van der Waals surface area contributed by atoms with Crippen molar-refractivity contribution < 1.29 is 19.4 Å². The Hall–Kier alpha value is -1.63. The lowest BCUT2D eigenvalue weighted by Gasteiger charge is -2.30. The summed E-state index contributed by atoms with van der Waals surface area (Å²) >= 11 is 0. The average molecular weight is 348 g/mol. The number of amides is 1. The van der Waals surface area contributed by atoms with Gasteiger partial charge in [-0.25, -0.2) is 0 Å². The molecule has 6 heteroatoms. The lowest BCUT2D eigenvalue weighted by atomic mass is 9.96. The third-order valence-electron chi connectivity index (χ3n) is 5.28. The van der Waals surface area contributed by atoms with E-state index in [1.165, 1.54) is 0 Å². The summed E-state index contributed by atoms with van der Waals surface area (Å²) in [6, 6.07) is 5.65. The summed E-state index contributed by atoms with van der Waals surface area (Å²) in [5, 5.41) is 9.77. The second kappa shape index (κ2) is 8.17. The Morgan fingerprint density at radius 2 is 2.00 bits per heavy atom. The van der Waals surface area contributed by atoms with Crippen LogP contribution in [0.3, 0.4) is 0 Å². The number of aliphatic hydroxyl groups excluding tert-OH is 1. The Balaban J connectivity index is 1.69. The number of rotatable bonds is 5. The van der Waals surface area contributed by atoms with Crippen molar-refractivity contribution in [2.24, 2.45) is 11.8 Å². The van der Waals surface area contributed by atoms with Crippen molar-refractivity contribution in [2.45, 2.75) is 6.92 Å². The largest absolute Gasteiger partial charge is 0.496 e. The number of aliphatic hydroxyl groups is 1. The molecule has 2 heterocycles. The lowest BCUT2D eigenvalue weighted by molar-refractivity contribution is 0.0264. The van der Waals surface area contributed by atoms with Crippen molar-refractivity contribution in [3.8, 4) is 5.75 Å². The van der Waals surface area contributed by atoms with Gasteiger partial charge in [0.2, 0.25) is 0 Å². The van der Waals surface area contributed by atoms with Gasteiger partial charge in [-0.15, -0.1) is 0 Å². The summed E-state index contributed by atoms with van der Waals surface area (Å²) in [5.74, 6) is 1.02. The van der Waals surface area contributed by atoms with Crippen molar-refractivity contribution in [1.29, 1.82) is 0 Å². The fraction of sp³-hybridized carbons (Fsp3) is 0.632. The van der Waals surface area contributed by atoms with Gasteiger partial charge in [0.05, 0.1) is 25.9 Å². The molecule has 0 aliphatic carbocycles. The van der Waals surface area contributed by atoms with Crippen LogP contribution in [-0.4, -0.2) is 80.5 Å². The van der Waals surface area contributed by atoms with Crippen LogP contribution in [0, 0.1) is 18.8 Å². The van der Waals surface area contributed by atoms with Gasteiger partial charge in [0, 0.05) is 45.2 Å². The maximum Gasteiger partial charge on any atom is 0.257 e. The van der Waals surface area contributed by atoms with Gasteiger partial charge in [0.25, 0.3) is 5.91 Å². The van der Waals surface area contributed by atoms with Gasteiger partial charge in [-0.2, -0.15) is 0 Å². The first kappa shape index (κ1) is 18.2. The summed E-state index contributed by atoms with van der Waals surface area (Å²) < 4.78 is 10.8.